The number of benzene rings is 1. The molecule has 19 heavy (non-hydrogen) atoms. The van der Waals surface area contributed by atoms with Gasteiger partial charge in [0.15, 0.2) is 0 Å². The lowest BCUT2D eigenvalue weighted by Gasteiger charge is -2.13. The maximum Gasteiger partial charge on any atom is 0.123 e. The first kappa shape index (κ1) is 16.2. The molecule has 4 heteroatoms. The Morgan fingerprint density at radius 1 is 1.37 bits per heavy atom. The normalized spacial score (nSPS) is 14.1. The van der Waals surface area contributed by atoms with Crippen molar-refractivity contribution in [2.45, 2.75) is 44.7 Å². The Bertz CT molecular complexity index is 421. The first-order chi connectivity index (χ1) is 9.12. The summed E-state index contributed by atoms with van der Waals surface area (Å²) in [5, 5.41) is 3.52. The van der Waals surface area contributed by atoms with Crippen molar-refractivity contribution in [1.82, 2.24) is 5.32 Å². The van der Waals surface area contributed by atoms with Crippen LogP contribution in [0.15, 0.2) is 18.2 Å². The molecule has 0 spiro atoms. The molecule has 0 amide bonds. The monoisotopic (exact) mass is 283 g/mol. The van der Waals surface area contributed by atoms with Crippen molar-refractivity contribution in [3.63, 3.8) is 0 Å². The minimum absolute atomic E-state index is 0.224. The van der Waals surface area contributed by atoms with Gasteiger partial charge in [-0.05, 0) is 30.7 Å². The van der Waals surface area contributed by atoms with E-state index in [1.54, 1.807) is 7.11 Å². The zero-order chi connectivity index (χ0) is 14.3. The topological polar surface area (TPSA) is 38.3 Å². The molecule has 1 aromatic rings. The van der Waals surface area contributed by atoms with E-state index in [9.17, 15) is 4.21 Å². The molecule has 0 saturated heterocycles. The highest BCUT2D eigenvalue weighted by molar-refractivity contribution is 7.84. The quantitative estimate of drug-likeness (QED) is 0.797. The van der Waals surface area contributed by atoms with Crippen molar-refractivity contribution in [3.8, 4) is 5.75 Å². The van der Waals surface area contributed by atoms with Gasteiger partial charge in [0.1, 0.15) is 5.75 Å². The molecule has 0 aromatic heterocycles. The molecule has 1 aromatic carbocycles. The summed E-state index contributed by atoms with van der Waals surface area (Å²) in [6.45, 7) is 7.97. The van der Waals surface area contributed by atoms with E-state index in [2.05, 4.69) is 31.3 Å². The summed E-state index contributed by atoms with van der Waals surface area (Å²) < 4.78 is 17.5. The minimum atomic E-state index is -0.842. The van der Waals surface area contributed by atoms with Gasteiger partial charge in [0.05, 0.1) is 12.9 Å². The highest BCUT2D eigenvalue weighted by atomic mass is 32.2. The minimum Gasteiger partial charge on any atom is -0.496 e. The zero-order valence-electron chi connectivity index (χ0n) is 12.4. The van der Waals surface area contributed by atoms with Crippen LogP contribution in [-0.2, 0) is 23.1 Å². The molecule has 0 aliphatic heterocycles. The predicted octanol–water partition coefficient (Wildman–Crippen LogP) is 2.85. The lowest BCUT2D eigenvalue weighted by atomic mass is 10.1. The van der Waals surface area contributed by atoms with Crippen LogP contribution >= 0.6 is 0 Å². The molecule has 0 heterocycles. The van der Waals surface area contributed by atoms with Crippen molar-refractivity contribution in [2.24, 2.45) is 0 Å². The number of rotatable bonds is 8. The summed E-state index contributed by atoms with van der Waals surface area (Å²) in [6.07, 6.45) is 0.937. The first-order valence-electron chi connectivity index (χ1n) is 6.86. The van der Waals surface area contributed by atoms with Gasteiger partial charge in [-0.2, -0.15) is 0 Å². The molecule has 2 unspecified atom stereocenters. The van der Waals surface area contributed by atoms with Crippen molar-refractivity contribution >= 4 is 10.8 Å². The second-order valence-corrected chi connectivity index (χ2v) is 6.53. The van der Waals surface area contributed by atoms with Crippen LogP contribution in [0.5, 0.6) is 5.75 Å². The average Bonchev–Trinajstić information content (AvgIpc) is 2.44. The molecule has 0 fully saturated rings. The molecular formula is C15H25NO2S. The Morgan fingerprint density at radius 2 is 2.11 bits per heavy atom. The van der Waals surface area contributed by atoms with Crippen LogP contribution < -0.4 is 10.1 Å². The van der Waals surface area contributed by atoms with Crippen LogP contribution in [0.1, 0.15) is 38.3 Å². The fourth-order valence-electron chi connectivity index (χ4n) is 1.81. The standard InChI is InChI=1S/C15H25NO2S/c1-5-12(3)19(17)11-14-9-13(10-16-6-2)7-8-15(14)18-4/h7-9,12,16H,5-6,10-11H2,1-4H3. The Balaban J connectivity index is 2.86. The van der Waals surface area contributed by atoms with Gasteiger partial charge in [-0.25, -0.2) is 0 Å². The third-order valence-electron chi connectivity index (χ3n) is 3.25. The first-order valence-corrected chi connectivity index (χ1v) is 8.24. The summed E-state index contributed by atoms with van der Waals surface area (Å²) in [5.74, 6) is 1.40. The molecule has 1 rings (SSSR count). The van der Waals surface area contributed by atoms with E-state index in [1.807, 2.05) is 13.0 Å². The van der Waals surface area contributed by atoms with Crippen molar-refractivity contribution in [3.05, 3.63) is 29.3 Å². The zero-order valence-corrected chi connectivity index (χ0v) is 13.2. The molecule has 108 valence electrons. The third kappa shape index (κ3) is 4.96. The van der Waals surface area contributed by atoms with Gasteiger partial charge in [0, 0.05) is 28.2 Å². The highest BCUT2D eigenvalue weighted by Gasteiger charge is 2.13. The van der Waals surface area contributed by atoms with Crippen molar-refractivity contribution in [2.75, 3.05) is 13.7 Å². The number of hydrogen-bond acceptors (Lipinski definition) is 3. The lowest BCUT2D eigenvalue weighted by molar-refractivity contribution is 0.411. The Morgan fingerprint density at radius 3 is 2.68 bits per heavy atom. The summed E-state index contributed by atoms with van der Waals surface area (Å²) in [5.41, 5.74) is 2.25. The van der Waals surface area contributed by atoms with E-state index >= 15 is 0 Å². The van der Waals surface area contributed by atoms with Gasteiger partial charge in [-0.3, -0.25) is 4.21 Å². The number of ether oxygens (including phenoxy) is 1. The molecule has 0 radical (unpaired) electrons. The van der Waals surface area contributed by atoms with Crippen LogP contribution in [0, 0.1) is 0 Å². The van der Waals surface area contributed by atoms with E-state index in [0.717, 1.165) is 30.8 Å². The molecule has 2 atom stereocenters. The van der Waals surface area contributed by atoms with Gasteiger partial charge in [-0.1, -0.05) is 26.8 Å². The fraction of sp³-hybridized carbons (Fsp3) is 0.600. The number of hydrogen-bond donors (Lipinski definition) is 1. The van der Waals surface area contributed by atoms with Crippen LogP contribution in [0.25, 0.3) is 0 Å². The van der Waals surface area contributed by atoms with E-state index in [4.69, 9.17) is 4.74 Å². The maximum atomic E-state index is 12.2. The Hall–Kier alpha value is -0.870. The largest absolute Gasteiger partial charge is 0.496 e. The molecule has 0 saturated carbocycles. The summed E-state index contributed by atoms with van der Waals surface area (Å²) >= 11 is 0. The van der Waals surface area contributed by atoms with Crippen LogP contribution in [0.2, 0.25) is 0 Å². The number of methoxy groups -OCH3 is 1. The highest BCUT2D eigenvalue weighted by Crippen LogP contribution is 2.22. The predicted molar refractivity (Wildman–Crippen MR) is 82.0 cm³/mol. The van der Waals surface area contributed by atoms with Crippen molar-refractivity contribution in [1.29, 1.82) is 0 Å². The number of nitrogens with one attached hydrogen (secondary N) is 1. The molecule has 0 aliphatic rings. The van der Waals surface area contributed by atoms with E-state index in [-0.39, 0.29) is 5.25 Å². The second-order valence-electron chi connectivity index (χ2n) is 4.67. The third-order valence-corrected chi connectivity index (χ3v) is 5.07. The smallest absolute Gasteiger partial charge is 0.123 e. The molecule has 1 N–H and O–H groups in total. The molecule has 0 bridgehead atoms. The summed E-state index contributed by atoms with van der Waals surface area (Å²) in [4.78, 5) is 0. The van der Waals surface area contributed by atoms with Gasteiger partial charge in [0.25, 0.3) is 0 Å². The van der Waals surface area contributed by atoms with Crippen molar-refractivity contribution < 1.29 is 8.95 Å². The lowest BCUT2D eigenvalue weighted by Crippen LogP contribution is -2.14. The van der Waals surface area contributed by atoms with Gasteiger partial charge in [-0.15, -0.1) is 0 Å². The molecular weight excluding hydrogens is 258 g/mol. The van der Waals surface area contributed by atoms with E-state index in [0.29, 0.717) is 5.75 Å². The average molecular weight is 283 g/mol. The van der Waals surface area contributed by atoms with Gasteiger partial charge in [0.2, 0.25) is 0 Å². The second kappa shape index (κ2) is 8.33. The summed E-state index contributed by atoms with van der Waals surface area (Å²) in [6, 6.07) is 6.12. The summed E-state index contributed by atoms with van der Waals surface area (Å²) in [7, 11) is 0.820. The van der Waals surface area contributed by atoms with Gasteiger partial charge >= 0.3 is 0 Å². The molecule has 3 nitrogen and oxygen atoms in total. The fourth-order valence-corrected chi connectivity index (χ4v) is 2.99. The molecule has 0 aliphatic carbocycles. The maximum absolute atomic E-state index is 12.2. The van der Waals surface area contributed by atoms with Crippen LogP contribution in [-0.4, -0.2) is 23.1 Å². The van der Waals surface area contributed by atoms with E-state index < -0.39 is 10.8 Å². The van der Waals surface area contributed by atoms with Crippen LogP contribution in [0.4, 0.5) is 0 Å². The SMILES string of the molecule is CCNCc1ccc(OC)c(CS(=O)C(C)CC)c1. The Kier molecular flexibility index (Phi) is 7.10. The van der Waals surface area contributed by atoms with Crippen LogP contribution in [0.3, 0.4) is 0 Å². The van der Waals surface area contributed by atoms with Gasteiger partial charge < -0.3 is 10.1 Å². The Labute approximate surface area is 119 Å². The van der Waals surface area contributed by atoms with E-state index in [1.165, 1.54) is 5.56 Å².